The van der Waals surface area contributed by atoms with Gasteiger partial charge in [-0.3, -0.25) is 5.32 Å². The highest BCUT2D eigenvalue weighted by molar-refractivity contribution is 5.87. The maximum atomic E-state index is 11.5. The van der Waals surface area contributed by atoms with E-state index in [-0.39, 0.29) is 11.7 Å². The van der Waals surface area contributed by atoms with Crippen LogP contribution in [0.5, 0.6) is 11.5 Å². The fourth-order valence-electron chi connectivity index (χ4n) is 1.35. The summed E-state index contributed by atoms with van der Waals surface area (Å²) >= 11 is 0. The van der Waals surface area contributed by atoms with Crippen molar-refractivity contribution >= 4 is 12.0 Å². The van der Waals surface area contributed by atoms with Crippen LogP contribution >= 0.6 is 0 Å². The SMILES string of the molecule is CC(NC(=O)Nc1ncn[nH]1)Oc1ccc(O)cc1. The van der Waals surface area contributed by atoms with Crippen LogP contribution in [-0.2, 0) is 0 Å². The molecule has 0 fully saturated rings. The summed E-state index contributed by atoms with van der Waals surface area (Å²) in [6.07, 6.45) is 0.735. The van der Waals surface area contributed by atoms with Gasteiger partial charge in [-0.2, -0.15) is 10.1 Å². The number of aromatic nitrogens is 3. The molecule has 0 spiro atoms. The van der Waals surface area contributed by atoms with Crippen LogP contribution < -0.4 is 15.4 Å². The molecule has 1 aromatic heterocycles. The molecule has 0 aliphatic rings. The van der Waals surface area contributed by atoms with E-state index in [0.717, 1.165) is 0 Å². The Balaban J connectivity index is 1.82. The van der Waals surface area contributed by atoms with Gasteiger partial charge in [0, 0.05) is 0 Å². The summed E-state index contributed by atoms with van der Waals surface area (Å²) < 4.78 is 5.43. The van der Waals surface area contributed by atoms with E-state index in [1.165, 1.54) is 18.5 Å². The Labute approximate surface area is 108 Å². The third kappa shape index (κ3) is 3.87. The molecule has 0 aliphatic heterocycles. The third-order valence-electron chi connectivity index (χ3n) is 2.13. The quantitative estimate of drug-likeness (QED) is 0.616. The van der Waals surface area contributed by atoms with Crippen LogP contribution in [0.4, 0.5) is 10.7 Å². The van der Waals surface area contributed by atoms with Gasteiger partial charge in [0.15, 0.2) is 6.23 Å². The van der Waals surface area contributed by atoms with Gasteiger partial charge in [0.05, 0.1) is 0 Å². The molecule has 1 atom stereocenters. The second kappa shape index (κ2) is 5.71. The van der Waals surface area contributed by atoms with Gasteiger partial charge in [-0.25, -0.2) is 9.89 Å². The van der Waals surface area contributed by atoms with E-state index in [2.05, 4.69) is 25.8 Å². The Hall–Kier alpha value is -2.77. The number of H-pyrrole nitrogens is 1. The molecular weight excluding hydrogens is 250 g/mol. The lowest BCUT2D eigenvalue weighted by molar-refractivity contribution is 0.183. The van der Waals surface area contributed by atoms with Crippen molar-refractivity contribution in [1.82, 2.24) is 20.5 Å². The Bertz CT molecular complexity index is 526. The number of phenols is 1. The molecule has 4 N–H and O–H groups in total. The molecule has 0 saturated heterocycles. The number of carbonyl (C=O) groups excluding carboxylic acids is 1. The molecule has 1 unspecified atom stereocenters. The Morgan fingerprint density at radius 1 is 1.42 bits per heavy atom. The zero-order chi connectivity index (χ0) is 13.7. The predicted octanol–water partition coefficient (Wildman–Crippen LogP) is 1.06. The monoisotopic (exact) mass is 263 g/mol. The minimum absolute atomic E-state index is 0.149. The minimum Gasteiger partial charge on any atom is -0.508 e. The first kappa shape index (κ1) is 12.7. The van der Waals surface area contributed by atoms with Crippen molar-refractivity contribution in [1.29, 1.82) is 0 Å². The lowest BCUT2D eigenvalue weighted by Crippen LogP contribution is -2.39. The van der Waals surface area contributed by atoms with Crippen molar-refractivity contribution in [2.24, 2.45) is 0 Å². The zero-order valence-electron chi connectivity index (χ0n) is 10.1. The molecule has 2 aromatic rings. The van der Waals surface area contributed by atoms with Crippen LogP contribution in [0.2, 0.25) is 0 Å². The number of amides is 2. The summed E-state index contributed by atoms with van der Waals surface area (Å²) in [6.45, 7) is 1.67. The van der Waals surface area contributed by atoms with Gasteiger partial charge < -0.3 is 15.2 Å². The van der Waals surface area contributed by atoms with Crippen molar-refractivity contribution < 1.29 is 14.6 Å². The lowest BCUT2D eigenvalue weighted by Gasteiger charge is -2.16. The second-order valence-corrected chi connectivity index (χ2v) is 3.69. The highest BCUT2D eigenvalue weighted by Gasteiger charge is 2.09. The first-order valence-corrected chi connectivity index (χ1v) is 5.52. The van der Waals surface area contributed by atoms with Crippen LogP contribution in [0.1, 0.15) is 6.92 Å². The van der Waals surface area contributed by atoms with Gasteiger partial charge in [-0.05, 0) is 31.2 Å². The third-order valence-corrected chi connectivity index (χ3v) is 2.13. The smallest absolute Gasteiger partial charge is 0.324 e. The van der Waals surface area contributed by atoms with Crippen LogP contribution in [0.25, 0.3) is 0 Å². The Morgan fingerprint density at radius 2 is 2.16 bits per heavy atom. The first-order valence-electron chi connectivity index (χ1n) is 5.52. The fraction of sp³-hybridized carbons (Fsp3) is 0.182. The Kier molecular flexibility index (Phi) is 3.81. The van der Waals surface area contributed by atoms with Crippen molar-refractivity contribution in [3.05, 3.63) is 30.6 Å². The van der Waals surface area contributed by atoms with E-state index >= 15 is 0 Å². The molecular formula is C11H13N5O3. The molecule has 2 rings (SSSR count). The van der Waals surface area contributed by atoms with Crippen LogP contribution in [-0.4, -0.2) is 32.5 Å². The number of hydrogen-bond acceptors (Lipinski definition) is 5. The van der Waals surface area contributed by atoms with E-state index in [9.17, 15) is 4.79 Å². The second-order valence-electron chi connectivity index (χ2n) is 3.69. The number of urea groups is 1. The molecule has 100 valence electrons. The number of aromatic hydroxyl groups is 1. The predicted molar refractivity (Wildman–Crippen MR) is 66.7 cm³/mol. The first-order chi connectivity index (χ1) is 9.13. The number of rotatable bonds is 4. The number of nitrogens with one attached hydrogen (secondary N) is 3. The molecule has 0 bridgehead atoms. The number of carbonyl (C=O) groups is 1. The summed E-state index contributed by atoms with van der Waals surface area (Å²) in [7, 11) is 0. The summed E-state index contributed by atoms with van der Waals surface area (Å²) in [5, 5.41) is 20.2. The van der Waals surface area contributed by atoms with Gasteiger partial charge >= 0.3 is 6.03 Å². The summed E-state index contributed by atoms with van der Waals surface area (Å²) in [4.78, 5) is 15.3. The van der Waals surface area contributed by atoms with Gasteiger partial charge in [-0.15, -0.1) is 0 Å². The molecule has 1 heterocycles. The van der Waals surface area contributed by atoms with Crippen molar-refractivity contribution in [3.63, 3.8) is 0 Å². The van der Waals surface area contributed by atoms with E-state index in [1.807, 2.05) is 0 Å². The van der Waals surface area contributed by atoms with Gasteiger partial charge in [-0.1, -0.05) is 0 Å². The fourth-order valence-corrected chi connectivity index (χ4v) is 1.35. The largest absolute Gasteiger partial charge is 0.508 e. The number of anilines is 1. The highest BCUT2D eigenvalue weighted by Crippen LogP contribution is 2.16. The average molecular weight is 263 g/mol. The lowest BCUT2D eigenvalue weighted by atomic mass is 10.3. The van der Waals surface area contributed by atoms with Crippen molar-refractivity contribution in [3.8, 4) is 11.5 Å². The number of hydrogen-bond donors (Lipinski definition) is 4. The van der Waals surface area contributed by atoms with Gasteiger partial charge in [0.25, 0.3) is 0 Å². The number of nitrogens with zero attached hydrogens (tertiary/aromatic N) is 2. The van der Waals surface area contributed by atoms with Crippen molar-refractivity contribution in [2.45, 2.75) is 13.2 Å². The normalized spacial score (nSPS) is 11.6. The van der Waals surface area contributed by atoms with E-state index in [4.69, 9.17) is 9.84 Å². The number of phenolic OH excluding ortho intramolecular Hbond substituents is 1. The summed E-state index contributed by atoms with van der Waals surface area (Å²) in [5.41, 5.74) is 0. The number of aromatic amines is 1. The summed E-state index contributed by atoms with van der Waals surface area (Å²) in [5.74, 6) is 0.927. The topological polar surface area (TPSA) is 112 Å². The number of benzene rings is 1. The average Bonchev–Trinajstić information content (AvgIpc) is 2.84. The van der Waals surface area contributed by atoms with E-state index < -0.39 is 12.3 Å². The van der Waals surface area contributed by atoms with Crippen LogP contribution in [0, 0.1) is 0 Å². The maximum absolute atomic E-state index is 11.5. The minimum atomic E-state index is -0.549. The maximum Gasteiger partial charge on any atom is 0.324 e. The van der Waals surface area contributed by atoms with E-state index in [0.29, 0.717) is 5.75 Å². The molecule has 8 nitrogen and oxygen atoms in total. The van der Waals surface area contributed by atoms with Crippen molar-refractivity contribution in [2.75, 3.05) is 5.32 Å². The molecule has 2 amide bonds. The van der Waals surface area contributed by atoms with Gasteiger partial charge in [0.2, 0.25) is 5.95 Å². The van der Waals surface area contributed by atoms with Crippen LogP contribution in [0.3, 0.4) is 0 Å². The molecule has 1 aromatic carbocycles. The highest BCUT2D eigenvalue weighted by atomic mass is 16.5. The molecule has 0 radical (unpaired) electrons. The molecule has 0 saturated carbocycles. The molecule has 8 heteroatoms. The molecule has 19 heavy (non-hydrogen) atoms. The molecule has 0 aliphatic carbocycles. The van der Waals surface area contributed by atoms with E-state index in [1.54, 1.807) is 19.1 Å². The standard InChI is InChI=1S/C11H13N5O3/c1-7(19-9-4-2-8(17)3-5-9)14-11(18)15-10-12-6-13-16-10/h2-7,17H,1H3,(H3,12,13,14,15,16,18). The number of ether oxygens (including phenoxy) is 1. The van der Waals surface area contributed by atoms with Gasteiger partial charge in [0.1, 0.15) is 17.8 Å². The zero-order valence-corrected chi connectivity index (χ0v) is 10.1. The summed E-state index contributed by atoms with van der Waals surface area (Å²) in [6, 6.07) is 5.72. The Morgan fingerprint density at radius 3 is 2.79 bits per heavy atom. The van der Waals surface area contributed by atoms with Crippen LogP contribution in [0.15, 0.2) is 30.6 Å².